The van der Waals surface area contributed by atoms with Gasteiger partial charge in [-0.25, -0.2) is 0 Å². The lowest BCUT2D eigenvalue weighted by atomic mass is 10.0. The van der Waals surface area contributed by atoms with Crippen LogP contribution in [0.25, 0.3) is 6.08 Å². The first-order valence-electron chi connectivity index (χ1n) is 19.7. The van der Waals surface area contributed by atoms with Gasteiger partial charge in [0.25, 0.3) is 0 Å². The van der Waals surface area contributed by atoms with Crippen LogP contribution in [0.3, 0.4) is 0 Å². The Hall–Kier alpha value is -2.96. The molecule has 0 aromatic heterocycles. The molecule has 0 saturated carbocycles. The van der Waals surface area contributed by atoms with E-state index in [0.717, 1.165) is 41.5 Å². The van der Waals surface area contributed by atoms with Crippen LogP contribution in [-0.2, 0) is 32.1 Å². The van der Waals surface area contributed by atoms with Gasteiger partial charge >= 0.3 is 0 Å². The summed E-state index contributed by atoms with van der Waals surface area (Å²) in [6.45, 7) is 24.6. The highest BCUT2D eigenvalue weighted by Gasteiger charge is 1.93. The van der Waals surface area contributed by atoms with Crippen molar-refractivity contribution in [1.29, 1.82) is 0 Å². The van der Waals surface area contributed by atoms with Gasteiger partial charge in [-0.3, -0.25) is 0 Å². The largest absolute Gasteiger partial charge is 0.538 e. The Balaban J connectivity index is -0.000000637. The number of aryl methyl sites for hydroxylation is 4. The summed E-state index contributed by atoms with van der Waals surface area (Å²) in [6, 6.07) is 38.6. The lowest BCUT2D eigenvalue weighted by molar-refractivity contribution is 0.700. The van der Waals surface area contributed by atoms with E-state index in [1.807, 2.05) is 32.1 Å². The van der Waals surface area contributed by atoms with Crippen molar-refractivity contribution in [3.8, 4) is 0 Å². The van der Waals surface area contributed by atoms with Crippen molar-refractivity contribution < 1.29 is 1.43 Å². The summed E-state index contributed by atoms with van der Waals surface area (Å²) in [4.78, 5) is 0. The van der Waals surface area contributed by atoms with Gasteiger partial charge in [-0.05, 0) is 86.6 Å². The summed E-state index contributed by atoms with van der Waals surface area (Å²) < 4.78 is 0. The minimum absolute atomic E-state index is 0. The highest BCUT2D eigenvalue weighted by molar-refractivity contribution is 8.02. The van der Waals surface area contributed by atoms with Crippen molar-refractivity contribution in [3.05, 3.63) is 187 Å². The molecule has 55 heavy (non-hydrogen) atoms. The average molecular weight is 809 g/mol. The van der Waals surface area contributed by atoms with E-state index >= 15 is 0 Å². The standard InChI is InChI=1S/C12H16P2.C12H16.C11H14P2.C10H12.2C3H6.H2/c1-2-3-4-11-5-7-12(8-6-11)9-10-14-13;1-3-5-6-12-9-7-11(4-2)8-10-12;1-10(9-13-12)7-8-11-5-3-2-4-6-11;1-2-3-7-10-8-5-4-6-9-10;2*1-3-2;/h5-8,13H,2-4,9H2,1H3;4,7-10H,2-3,5-6H2,1H3;2-6,10,12H,7-8H2,1H3;2,4-6,8-9H,1,3,7H2;2*3H,1H2,2H3;1H/q-2;;-2;;;;. The van der Waals surface area contributed by atoms with Gasteiger partial charge in [0, 0.05) is 1.43 Å². The van der Waals surface area contributed by atoms with Gasteiger partial charge in [0.15, 0.2) is 0 Å². The number of benzene rings is 4. The molecule has 0 fully saturated rings. The third kappa shape index (κ3) is 35.2. The highest BCUT2D eigenvalue weighted by Crippen LogP contribution is 2.14. The predicted molar refractivity (Wildman–Crippen MR) is 267 cm³/mol. The molecule has 4 aromatic rings. The van der Waals surface area contributed by atoms with Crippen LogP contribution >= 0.6 is 33.6 Å². The van der Waals surface area contributed by atoms with Crippen molar-refractivity contribution >= 4 is 51.3 Å². The second kappa shape index (κ2) is 42.2. The SMILES string of the molecule is C=CC.C=CC.C=CCCc1ccccc1.C=Cc1ccc(CCCC)cc1.CC([C-]=P[PH-])CCc1ccccc1.CCCCc1ccc(C[C-]=P[PH-])cc1.[HH]. The third-order valence-electron chi connectivity index (χ3n) is 7.71. The van der Waals surface area contributed by atoms with E-state index in [2.05, 4.69) is 180 Å². The zero-order valence-corrected chi connectivity index (χ0v) is 38.6. The van der Waals surface area contributed by atoms with Crippen molar-refractivity contribution in [2.24, 2.45) is 5.92 Å². The number of unbranched alkanes of at least 4 members (excludes halogenated alkanes) is 2. The molecule has 4 rings (SSSR count). The predicted octanol–water partition coefficient (Wildman–Crippen LogP) is 17.3. The molecule has 4 heteroatoms. The maximum atomic E-state index is 3.72. The van der Waals surface area contributed by atoms with Gasteiger partial charge in [-0.2, -0.15) is 12.3 Å². The number of allylic oxidation sites excluding steroid dienone is 3. The Bertz CT molecular complexity index is 1490. The van der Waals surface area contributed by atoms with Crippen LogP contribution < -0.4 is 0 Å². The highest BCUT2D eigenvalue weighted by atomic mass is 32.0. The molecule has 0 aliphatic heterocycles. The smallest absolute Gasteiger partial charge is 0 e. The first-order valence-corrected chi connectivity index (χ1v) is 24.1. The Morgan fingerprint density at radius 2 is 1.02 bits per heavy atom. The first-order chi connectivity index (χ1) is 26.8. The third-order valence-corrected chi connectivity index (χ3v) is 9.46. The maximum Gasteiger partial charge on any atom is 0 e. The van der Waals surface area contributed by atoms with E-state index in [1.54, 1.807) is 12.2 Å². The van der Waals surface area contributed by atoms with Crippen LogP contribution in [0, 0.1) is 5.92 Å². The molecule has 4 aromatic carbocycles. The fourth-order valence-corrected chi connectivity index (χ4v) is 6.16. The summed E-state index contributed by atoms with van der Waals surface area (Å²) in [5, 5.41) is 0. The second-order valence-electron chi connectivity index (χ2n) is 12.7. The molecule has 0 nitrogen and oxygen atoms in total. The van der Waals surface area contributed by atoms with Crippen LogP contribution in [0.4, 0.5) is 0 Å². The topological polar surface area (TPSA) is 0 Å². The Labute approximate surface area is 349 Å². The zero-order chi connectivity index (χ0) is 41.2. The molecule has 0 aliphatic rings. The summed E-state index contributed by atoms with van der Waals surface area (Å²) in [5.41, 5.74) is 8.24. The summed E-state index contributed by atoms with van der Waals surface area (Å²) in [5.74, 6) is 7.08. The van der Waals surface area contributed by atoms with Gasteiger partial charge in [-0.15, -0.1) is 19.7 Å². The summed E-state index contributed by atoms with van der Waals surface area (Å²) >= 11 is 0. The van der Waals surface area contributed by atoms with Crippen molar-refractivity contribution in [2.75, 3.05) is 0 Å². The van der Waals surface area contributed by atoms with Gasteiger partial charge in [0.1, 0.15) is 0 Å². The second-order valence-corrected chi connectivity index (χ2v) is 15.1. The van der Waals surface area contributed by atoms with Gasteiger partial charge in [0.05, 0.1) is 0 Å². The van der Waals surface area contributed by atoms with Gasteiger partial charge < -0.3 is 45.2 Å². The quantitative estimate of drug-likeness (QED) is 0.0601. The molecule has 1 unspecified atom stereocenters. The Kier molecular flexibility index (Phi) is 41.5. The molecule has 0 radical (unpaired) electrons. The number of hydrogen-bond acceptors (Lipinski definition) is 0. The number of rotatable bonds is 16. The van der Waals surface area contributed by atoms with Gasteiger partial charge in [-0.1, -0.05) is 186 Å². The van der Waals surface area contributed by atoms with E-state index < -0.39 is 0 Å². The molecule has 0 bridgehead atoms. The Morgan fingerprint density at radius 3 is 1.42 bits per heavy atom. The molecule has 300 valence electrons. The zero-order valence-electron chi connectivity index (χ0n) is 34.8. The summed E-state index contributed by atoms with van der Waals surface area (Å²) in [7, 11) is 8.88. The van der Waals surface area contributed by atoms with Crippen LogP contribution in [0.1, 0.15) is 108 Å². The minimum atomic E-state index is 0. The molecule has 1 atom stereocenters. The minimum Gasteiger partial charge on any atom is -0.538 e. The molecular weight excluding hydrogens is 736 g/mol. The molecular formula is C51H72P4-4. The van der Waals surface area contributed by atoms with E-state index in [4.69, 9.17) is 0 Å². The van der Waals surface area contributed by atoms with Crippen LogP contribution in [0.2, 0.25) is 0 Å². The molecule has 0 heterocycles. The molecule has 0 aliphatic carbocycles. The summed E-state index contributed by atoms with van der Waals surface area (Å²) in [6.07, 6.45) is 20.3. The van der Waals surface area contributed by atoms with E-state index in [9.17, 15) is 0 Å². The van der Waals surface area contributed by atoms with Crippen molar-refractivity contribution in [3.63, 3.8) is 0 Å². The van der Waals surface area contributed by atoms with Crippen LogP contribution in [-0.4, -0.2) is 11.6 Å². The van der Waals surface area contributed by atoms with Crippen molar-refractivity contribution in [1.82, 2.24) is 0 Å². The number of hydrogen-bond donors (Lipinski definition) is 0. The molecule has 0 amide bonds. The molecule has 0 spiro atoms. The van der Waals surface area contributed by atoms with Gasteiger partial charge in [0.2, 0.25) is 0 Å². The van der Waals surface area contributed by atoms with Crippen LogP contribution in [0.5, 0.6) is 0 Å². The van der Waals surface area contributed by atoms with E-state index in [0.29, 0.717) is 5.92 Å². The normalized spacial score (nSPS) is 10.2. The van der Waals surface area contributed by atoms with Crippen LogP contribution in [0.15, 0.2) is 154 Å². The Morgan fingerprint density at radius 1 is 0.600 bits per heavy atom. The lowest BCUT2D eigenvalue weighted by Gasteiger charge is -2.19. The molecule has 0 saturated heterocycles. The lowest BCUT2D eigenvalue weighted by Crippen LogP contribution is -1.96. The fraction of sp³-hybridized carbons (Fsp3) is 0.333. The maximum absolute atomic E-state index is 3.72. The first kappa shape index (κ1) is 54.1. The van der Waals surface area contributed by atoms with Crippen molar-refractivity contribution in [2.45, 2.75) is 105 Å². The molecule has 0 N–H and O–H groups in total. The fourth-order valence-electron chi connectivity index (χ4n) is 4.65. The van der Waals surface area contributed by atoms with E-state index in [1.165, 1.54) is 78.3 Å². The van der Waals surface area contributed by atoms with E-state index in [-0.39, 0.29) is 1.43 Å². The average Bonchev–Trinajstić information content (AvgIpc) is 3.22. The monoisotopic (exact) mass is 808 g/mol.